The van der Waals surface area contributed by atoms with Crippen LogP contribution in [0.25, 0.3) is 16.8 Å². The lowest BCUT2D eigenvalue weighted by atomic mass is 10.1. The first kappa shape index (κ1) is 26.3. The summed E-state index contributed by atoms with van der Waals surface area (Å²) >= 11 is 0. The number of fused-ring (bicyclic) bond motifs is 1. The Balaban J connectivity index is 1.43. The van der Waals surface area contributed by atoms with Gasteiger partial charge in [-0.05, 0) is 26.0 Å². The maximum atomic E-state index is 14.9. The number of pyridine rings is 1. The highest BCUT2D eigenvalue weighted by molar-refractivity contribution is 5.98. The summed E-state index contributed by atoms with van der Waals surface area (Å²) in [7, 11) is 1.29. The molecule has 206 valence electrons. The Bertz CT molecular complexity index is 1530. The third-order valence-corrected chi connectivity index (χ3v) is 6.68. The van der Waals surface area contributed by atoms with Gasteiger partial charge in [0.05, 0.1) is 30.1 Å². The van der Waals surface area contributed by atoms with Gasteiger partial charge in [0.25, 0.3) is 5.91 Å². The Morgan fingerprint density at radius 3 is 2.69 bits per heavy atom. The Morgan fingerprint density at radius 2 is 2.03 bits per heavy atom. The van der Waals surface area contributed by atoms with Crippen molar-refractivity contribution in [3.8, 4) is 17.1 Å². The molecule has 15 heteroatoms. The molecule has 1 saturated heterocycles. The number of hydrogen-bond acceptors (Lipinski definition) is 9. The van der Waals surface area contributed by atoms with E-state index in [1.165, 1.54) is 19.4 Å². The average Bonchev–Trinajstić information content (AvgIpc) is 3.55. The number of rotatable bonds is 6. The Labute approximate surface area is 218 Å². The summed E-state index contributed by atoms with van der Waals surface area (Å²) in [6, 6.07) is 1.32. The number of methoxy groups -OCH3 is 1. The molecule has 11 nitrogen and oxygen atoms in total. The van der Waals surface area contributed by atoms with Crippen LogP contribution in [0, 0.1) is 13.8 Å². The number of aromatic nitrogens is 5. The van der Waals surface area contributed by atoms with Crippen LogP contribution in [-0.4, -0.2) is 68.0 Å². The van der Waals surface area contributed by atoms with Gasteiger partial charge in [-0.1, -0.05) is 5.16 Å². The molecule has 0 radical (unpaired) electrons. The number of nitrogens with zero attached hydrogens (tertiary/aromatic N) is 6. The maximum absolute atomic E-state index is 14.9. The molecule has 0 bridgehead atoms. The lowest BCUT2D eigenvalue weighted by Crippen LogP contribution is -2.41. The highest BCUT2D eigenvalue weighted by Crippen LogP contribution is 2.39. The second kappa shape index (κ2) is 9.80. The van der Waals surface area contributed by atoms with Crippen LogP contribution in [0.15, 0.2) is 29.2 Å². The lowest BCUT2D eigenvalue weighted by molar-refractivity contribution is -0.136. The zero-order chi connectivity index (χ0) is 28.1. The number of nitrogen functional groups attached to an aromatic ring is 1. The fourth-order valence-corrected chi connectivity index (χ4v) is 4.71. The monoisotopic (exact) mass is 548 g/mol. The van der Waals surface area contributed by atoms with Gasteiger partial charge in [0.15, 0.2) is 5.82 Å². The largest absolute Gasteiger partial charge is 0.480 e. The first-order valence-corrected chi connectivity index (χ1v) is 11.8. The number of likely N-dealkylation sites (tertiary alicyclic amines) is 1. The van der Waals surface area contributed by atoms with Gasteiger partial charge < -0.3 is 20.3 Å². The summed E-state index contributed by atoms with van der Waals surface area (Å²) < 4.78 is 67.5. The Hall–Kier alpha value is -4.27. The summed E-state index contributed by atoms with van der Waals surface area (Å²) in [4.78, 5) is 22.8. The van der Waals surface area contributed by atoms with Crippen molar-refractivity contribution in [1.82, 2.24) is 35.0 Å². The minimum Gasteiger partial charge on any atom is -0.480 e. The number of amides is 1. The molecular formula is C24H24F4N8O3. The number of aryl methyl sites for hydroxylation is 2. The molecule has 1 amide bonds. The van der Waals surface area contributed by atoms with Crippen molar-refractivity contribution >= 4 is 17.2 Å². The minimum atomic E-state index is -4.74. The molecule has 2 unspecified atom stereocenters. The maximum Gasteiger partial charge on any atom is 0.418 e. The molecule has 3 N–H and O–H groups in total. The van der Waals surface area contributed by atoms with Gasteiger partial charge in [-0.15, -0.1) is 0 Å². The summed E-state index contributed by atoms with van der Waals surface area (Å²) in [6.45, 7) is 4.29. The molecule has 1 aliphatic heterocycles. The summed E-state index contributed by atoms with van der Waals surface area (Å²) in [5.41, 5.74) is 5.85. The van der Waals surface area contributed by atoms with Crippen LogP contribution in [0.1, 0.15) is 32.9 Å². The molecule has 4 aromatic rings. The van der Waals surface area contributed by atoms with E-state index in [-0.39, 0.29) is 41.6 Å². The number of halogens is 4. The molecule has 5 heterocycles. The van der Waals surface area contributed by atoms with Gasteiger partial charge in [-0.2, -0.15) is 18.3 Å². The van der Waals surface area contributed by atoms with Crippen LogP contribution in [-0.2, 0) is 12.7 Å². The number of ether oxygens (including phenoxy) is 1. The van der Waals surface area contributed by atoms with Crippen molar-refractivity contribution in [2.45, 2.75) is 38.8 Å². The van der Waals surface area contributed by atoms with Crippen LogP contribution < -0.4 is 15.8 Å². The number of carbonyl (C=O) groups excluding carboxylic acids is 1. The molecule has 0 aliphatic carbocycles. The SMILES string of the molecule is COc1ncc(-c2cc(C(F)(F)F)c3c(N)ncnn23)cc1C(=O)NC1CN(Cc2c(C)noc2C)CC1F. The predicted molar refractivity (Wildman–Crippen MR) is 130 cm³/mol. The van der Waals surface area contributed by atoms with Gasteiger partial charge in [0, 0.05) is 37.0 Å². The summed E-state index contributed by atoms with van der Waals surface area (Å²) in [5, 5.41) is 10.5. The number of alkyl halides is 4. The fourth-order valence-electron chi connectivity index (χ4n) is 4.71. The zero-order valence-corrected chi connectivity index (χ0v) is 21.1. The third kappa shape index (κ3) is 4.84. The number of nitrogens with two attached hydrogens (primary N) is 1. The first-order valence-electron chi connectivity index (χ1n) is 11.8. The molecule has 0 saturated carbocycles. The number of carbonyl (C=O) groups is 1. The second-order valence-electron chi connectivity index (χ2n) is 9.22. The van der Waals surface area contributed by atoms with Crippen molar-refractivity contribution in [3.05, 3.63) is 52.8 Å². The van der Waals surface area contributed by atoms with Crippen molar-refractivity contribution in [2.75, 3.05) is 25.9 Å². The zero-order valence-electron chi connectivity index (χ0n) is 21.1. The van der Waals surface area contributed by atoms with Gasteiger partial charge in [0.2, 0.25) is 5.88 Å². The molecule has 4 aromatic heterocycles. The van der Waals surface area contributed by atoms with E-state index < -0.39 is 35.4 Å². The number of nitrogens with one attached hydrogen (secondary N) is 1. The fraction of sp³-hybridized carbons (Fsp3) is 0.375. The van der Waals surface area contributed by atoms with E-state index in [2.05, 4.69) is 25.5 Å². The molecule has 1 fully saturated rings. The highest BCUT2D eigenvalue weighted by atomic mass is 19.4. The molecule has 0 spiro atoms. The first-order chi connectivity index (χ1) is 18.5. The van der Waals surface area contributed by atoms with E-state index in [0.29, 0.717) is 18.0 Å². The Kier molecular flexibility index (Phi) is 6.62. The van der Waals surface area contributed by atoms with Crippen molar-refractivity contribution in [1.29, 1.82) is 0 Å². The Morgan fingerprint density at radius 1 is 1.26 bits per heavy atom. The second-order valence-corrected chi connectivity index (χ2v) is 9.22. The highest BCUT2D eigenvalue weighted by Gasteiger charge is 2.37. The average molecular weight is 549 g/mol. The predicted octanol–water partition coefficient (Wildman–Crippen LogP) is 2.96. The van der Waals surface area contributed by atoms with E-state index >= 15 is 0 Å². The van der Waals surface area contributed by atoms with E-state index in [1.807, 2.05) is 4.90 Å². The van der Waals surface area contributed by atoms with E-state index in [1.54, 1.807) is 13.8 Å². The van der Waals surface area contributed by atoms with Gasteiger partial charge in [-0.25, -0.2) is 18.9 Å². The third-order valence-electron chi connectivity index (χ3n) is 6.68. The lowest BCUT2D eigenvalue weighted by Gasteiger charge is -2.17. The van der Waals surface area contributed by atoms with Gasteiger partial charge in [-0.3, -0.25) is 9.69 Å². The van der Waals surface area contributed by atoms with Gasteiger partial charge in [0.1, 0.15) is 29.3 Å². The smallest absolute Gasteiger partial charge is 0.418 e. The van der Waals surface area contributed by atoms with Crippen molar-refractivity contribution < 1.29 is 31.6 Å². The molecule has 1 aliphatic rings. The van der Waals surface area contributed by atoms with E-state index in [0.717, 1.165) is 22.5 Å². The minimum absolute atomic E-state index is 0.0227. The van der Waals surface area contributed by atoms with E-state index in [4.69, 9.17) is 15.0 Å². The van der Waals surface area contributed by atoms with Crippen molar-refractivity contribution in [3.63, 3.8) is 0 Å². The number of hydrogen-bond donors (Lipinski definition) is 2. The van der Waals surface area contributed by atoms with Crippen LogP contribution >= 0.6 is 0 Å². The normalized spacial score (nSPS) is 18.1. The van der Waals surface area contributed by atoms with Crippen LogP contribution in [0.2, 0.25) is 0 Å². The topological polar surface area (TPSA) is 137 Å². The molecule has 0 aromatic carbocycles. The van der Waals surface area contributed by atoms with E-state index in [9.17, 15) is 22.4 Å². The quantitative estimate of drug-likeness (QED) is 0.349. The molecule has 2 atom stereocenters. The molecule has 5 rings (SSSR count). The van der Waals surface area contributed by atoms with Crippen LogP contribution in [0.3, 0.4) is 0 Å². The van der Waals surface area contributed by atoms with Crippen LogP contribution in [0.5, 0.6) is 5.88 Å². The molecular weight excluding hydrogens is 524 g/mol. The number of anilines is 1. The summed E-state index contributed by atoms with van der Waals surface area (Å²) in [5.74, 6) is -0.497. The van der Waals surface area contributed by atoms with Crippen molar-refractivity contribution in [2.24, 2.45) is 0 Å². The van der Waals surface area contributed by atoms with Gasteiger partial charge >= 0.3 is 6.18 Å². The standard InChI is InChI=1S/C24H24F4N8O3/c1-11-15(12(2)39-34-11)7-35-8-17(25)18(9-35)33-22(37)14-4-13(6-30-23(14)38-3)19-5-16(24(26,27)28)20-21(29)31-10-32-36(19)20/h4-6,10,17-18H,7-9H2,1-3H3,(H,33,37)(H2,29,31,32). The summed E-state index contributed by atoms with van der Waals surface area (Å²) in [6.07, 6.45) is -3.84. The van der Waals surface area contributed by atoms with Crippen LogP contribution in [0.4, 0.5) is 23.4 Å². The molecule has 39 heavy (non-hydrogen) atoms.